The Morgan fingerprint density at radius 1 is 1.48 bits per heavy atom. The standard InChI is InChI=1S/C13H11ClFN3O3/c1-2-11-16-10(14)6-12(19)17(11)7-8-4-3-5-9(13(8)15)18(20)21/h3-6H,2,7H2,1H3. The van der Waals surface area contributed by atoms with Crippen molar-refractivity contribution in [1.82, 2.24) is 9.55 Å². The van der Waals surface area contributed by atoms with E-state index in [2.05, 4.69) is 4.98 Å². The number of benzene rings is 1. The summed E-state index contributed by atoms with van der Waals surface area (Å²) in [6.07, 6.45) is 0.423. The molecular weight excluding hydrogens is 301 g/mol. The highest BCUT2D eigenvalue weighted by atomic mass is 35.5. The van der Waals surface area contributed by atoms with Gasteiger partial charge in [-0.3, -0.25) is 19.5 Å². The molecule has 2 aromatic rings. The zero-order chi connectivity index (χ0) is 15.6. The Morgan fingerprint density at radius 3 is 2.81 bits per heavy atom. The van der Waals surface area contributed by atoms with Gasteiger partial charge in [-0.2, -0.15) is 4.39 Å². The van der Waals surface area contributed by atoms with Gasteiger partial charge in [-0.05, 0) is 0 Å². The molecule has 1 aromatic heterocycles. The summed E-state index contributed by atoms with van der Waals surface area (Å²) in [5.74, 6) is -0.565. The molecule has 0 atom stereocenters. The number of hydrogen-bond donors (Lipinski definition) is 0. The second kappa shape index (κ2) is 6.01. The van der Waals surface area contributed by atoms with Gasteiger partial charge in [-0.1, -0.05) is 30.7 Å². The smallest absolute Gasteiger partial charge is 0.292 e. The van der Waals surface area contributed by atoms with E-state index in [1.807, 2.05) is 0 Å². The molecule has 21 heavy (non-hydrogen) atoms. The molecule has 0 bridgehead atoms. The quantitative estimate of drug-likeness (QED) is 0.494. The fraction of sp³-hybridized carbons (Fsp3) is 0.231. The molecule has 0 radical (unpaired) electrons. The largest absolute Gasteiger partial charge is 0.305 e. The first-order chi connectivity index (χ1) is 9.93. The van der Waals surface area contributed by atoms with Gasteiger partial charge in [0, 0.05) is 24.1 Å². The lowest BCUT2D eigenvalue weighted by Gasteiger charge is -2.11. The van der Waals surface area contributed by atoms with E-state index in [4.69, 9.17) is 11.6 Å². The van der Waals surface area contributed by atoms with Gasteiger partial charge in [-0.25, -0.2) is 4.98 Å². The van der Waals surface area contributed by atoms with Gasteiger partial charge in [0.1, 0.15) is 11.0 Å². The molecular formula is C13H11ClFN3O3. The highest BCUT2D eigenvalue weighted by molar-refractivity contribution is 6.29. The van der Waals surface area contributed by atoms with E-state index in [1.165, 1.54) is 16.7 Å². The second-order valence-electron chi connectivity index (χ2n) is 4.28. The summed E-state index contributed by atoms with van der Waals surface area (Å²) < 4.78 is 15.3. The molecule has 6 nitrogen and oxygen atoms in total. The highest BCUT2D eigenvalue weighted by Crippen LogP contribution is 2.21. The van der Waals surface area contributed by atoms with Crippen molar-refractivity contribution >= 4 is 17.3 Å². The van der Waals surface area contributed by atoms with Crippen molar-refractivity contribution in [2.45, 2.75) is 19.9 Å². The van der Waals surface area contributed by atoms with Crippen molar-refractivity contribution in [1.29, 1.82) is 0 Å². The average molecular weight is 312 g/mol. The molecule has 0 saturated carbocycles. The van der Waals surface area contributed by atoms with Crippen LogP contribution in [0.3, 0.4) is 0 Å². The maximum Gasteiger partial charge on any atom is 0.305 e. The van der Waals surface area contributed by atoms with Crippen molar-refractivity contribution in [2.75, 3.05) is 0 Å². The van der Waals surface area contributed by atoms with Crippen molar-refractivity contribution in [3.05, 3.63) is 67.1 Å². The highest BCUT2D eigenvalue weighted by Gasteiger charge is 2.18. The molecule has 1 heterocycles. The molecule has 0 unspecified atom stereocenters. The molecule has 0 N–H and O–H groups in total. The molecule has 2 rings (SSSR count). The molecule has 110 valence electrons. The van der Waals surface area contributed by atoms with Gasteiger partial charge in [0.2, 0.25) is 5.82 Å². The Hall–Kier alpha value is -2.28. The summed E-state index contributed by atoms with van der Waals surface area (Å²) in [4.78, 5) is 25.9. The third kappa shape index (κ3) is 3.08. The maximum atomic E-state index is 14.1. The van der Waals surface area contributed by atoms with Gasteiger partial charge in [0.25, 0.3) is 5.56 Å². The van der Waals surface area contributed by atoms with Crippen LogP contribution in [0.15, 0.2) is 29.1 Å². The first-order valence-electron chi connectivity index (χ1n) is 6.12. The number of aryl methyl sites for hydroxylation is 1. The Morgan fingerprint density at radius 2 is 2.19 bits per heavy atom. The fourth-order valence-corrected chi connectivity index (χ4v) is 2.15. The fourth-order valence-electron chi connectivity index (χ4n) is 1.96. The van der Waals surface area contributed by atoms with Crippen LogP contribution in [-0.2, 0) is 13.0 Å². The molecule has 1 aromatic carbocycles. The maximum absolute atomic E-state index is 14.1. The Bertz CT molecular complexity index is 761. The van der Waals surface area contributed by atoms with E-state index in [0.717, 1.165) is 12.1 Å². The summed E-state index contributed by atoms with van der Waals surface area (Å²) in [6.45, 7) is 1.64. The minimum Gasteiger partial charge on any atom is -0.292 e. The van der Waals surface area contributed by atoms with E-state index < -0.39 is 22.0 Å². The van der Waals surface area contributed by atoms with Crippen LogP contribution >= 0.6 is 11.6 Å². The van der Waals surface area contributed by atoms with Gasteiger partial charge in [-0.15, -0.1) is 0 Å². The van der Waals surface area contributed by atoms with Crippen molar-refractivity contribution in [2.24, 2.45) is 0 Å². The predicted octanol–water partition coefficient (Wildman–Crippen LogP) is 2.55. The zero-order valence-electron chi connectivity index (χ0n) is 11.0. The zero-order valence-corrected chi connectivity index (χ0v) is 11.8. The van der Waals surface area contributed by atoms with Gasteiger partial charge < -0.3 is 0 Å². The number of rotatable bonds is 4. The lowest BCUT2D eigenvalue weighted by atomic mass is 10.2. The number of hydrogen-bond acceptors (Lipinski definition) is 4. The van der Waals surface area contributed by atoms with Crippen molar-refractivity contribution in [3.63, 3.8) is 0 Å². The number of aromatic nitrogens is 2. The van der Waals surface area contributed by atoms with Crippen LogP contribution in [0.1, 0.15) is 18.3 Å². The Labute approximate surface area is 124 Å². The lowest BCUT2D eigenvalue weighted by molar-refractivity contribution is -0.387. The Balaban J connectivity index is 2.51. The lowest BCUT2D eigenvalue weighted by Crippen LogP contribution is -2.25. The predicted molar refractivity (Wildman–Crippen MR) is 75.0 cm³/mol. The second-order valence-corrected chi connectivity index (χ2v) is 4.67. The average Bonchev–Trinajstić information content (AvgIpc) is 2.42. The van der Waals surface area contributed by atoms with Crippen LogP contribution in [0.4, 0.5) is 10.1 Å². The van der Waals surface area contributed by atoms with Crippen LogP contribution in [0.5, 0.6) is 0 Å². The minimum absolute atomic E-state index is 0.0464. The van der Waals surface area contributed by atoms with E-state index >= 15 is 0 Å². The number of halogens is 2. The Kier molecular flexibility index (Phi) is 4.32. The summed E-state index contributed by atoms with van der Waals surface area (Å²) >= 11 is 5.71. The number of nitro benzene ring substituents is 1. The molecule has 8 heteroatoms. The summed E-state index contributed by atoms with van der Waals surface area (Å²) in [5.41, 5.74) is -1.01. The molecule has 0 aliphatic rings. The third-order valence-corrected chi connectivity index (χ3v) is 3.15. The summed E-state index contributed by atoms with van der Waals surface area (Å²) in [7, 11) is 0. The molecule has 0 spiro atoms. The van der Waals surface area contributed by atoms with Gasteiger partial charge in [0.15, 0.2) is 0 Å². The summed E-state index contributed by atoms with van der Waals surface area (Å²) in [5, 5.41) is 10.8. The van der Waals surface area contributed by atoms with Crippen LogP contribution < -0.4 is 5.56 Å². The van der Waals surface area contributed by atoms with Crippen LogP contribution in [0, 0.1) is 15.9 Å². The van der Waals surface area contributed by atoms with Gasteiger partial charge in [0.05, 0.1) is 11.5 Å². The molecule has 0 amide bonds. The monoisotopic (exact) mass is 311 g/mol. The number of nitro groups is 1. The summed E-state index contributed by atoms with van der Waals surface area (Å²) in [6, 6.07) is 4.96. The third-order valence-electron chi connectivity index (χ3n) is 2.96. The molecule has 0 saturated heterocycles. The SMILES string of the molecule is CCc1nc(Cl)cc(=O)n1Cc1cccc([N+](=O)[O-])c1F. The molecule has 0 aliphatic heterocycles. The van der Waals surface area contributed by atoms with Crippen molar-refractivity contribution in [3.8, 4) is 0 Å². The minimum atomic E-state index is -0.952. The van der Waals surface area contributed by atoms with Crippen molar-refractivity contribution < 1.29 is 9.31 Å². The first kappa shape index (κ1) is 15.1. The van der Waals surface area contributed by atoms with Gasteiger partial charge >= 0.3 is 5.69 Å². The van der Waals surface area contributed by atoms with E-state index in [0.29, 0.717) is 12.2 Å². The van der Waals surface area contributed by atoms with E-state index in [-0.39, 0.29) is 17.3 Å². The topological polar surface area (TPSA) is 78.0 Å². The first-order valence-corrected chi connectivity index (χ1v) is 6.50. The number of nitrogens with zero attached hydrogens (tertiary/aromatic N) is 3. The van der Waals surface area contributed by atoms with Crippen LogP contribution in [0.25, 0.3) is 0 Å². The van der Waals surface area contributed by atoms with Crippen LogP contribution in [-0.4, -0.2) is 14.5 Å². The van der Waals surface area contributed by atoms with E-state index in [1.54, 1.807) is 6.92 Å². The molecule has 0 fully saturated rings. The molecule has 0 aliphatic carbocycles. The normalized spacial score (nSPS) is 10.6. The van der Waals surface area contributed by atoms with Crippen LogP contribution in [0.2, 0.25) is 5.15 Å². The van der Waals surface area contributed by atoms with E-state index in [9.17, 15) is 19.3 Å².